The van der Waals surface area contributed by atoms with Crippen LogP contribution in [0.2, 0.25) is 0 Å². The highest BCUT2D eigenvalue weighted by Gasteiger charge is 2.32. The minimum atomic E-state index is -3.44. The molecule has 2 aromatic heterocycles. The molecule has 3 heterocycles. The van der Waals surface area contributed by atoms with Crippen molar-refractivity contribution < 1.29 is 13.2 Å². The van der Waals surface area contributed by atoms with Crippen molar-refractivity contribution in [3.05, 3.63) is 35.8 Å². The van der Waals surface area contributed by atoms with Gasteiger partial charge in [-0.3, -0.25) is 4.79 Å². The Labute approximate surface area is 160 Å². The lowest BCUT2D eigenvalue weighted by Gasteiger charge is -2.36. The van der Waals surface area contributed by atoms with Crippen molar-refractivity contribution in [2.24, 2.45) is 0 Å². The summed E-state index contributed by atoms with van der Waals surface area (Å²) in [4.78, 5) is 18.8. The highest BCUT2D eigenvalue weighted by Crippen LogP contribution is 2.15. The van der Waals surface area contributed by atoms with Gasteiger partial charge in [0.15, 0.2) is 0 Å². The number of carbonyl (C=O) groups excluding carboxylic acids is 1. The van der Waals surface area contributed by atoms with E-state index >= 15 is 0 Å². The first kappa shape index (κ1) is 19.8. The lowest BCUT2D eigenvalue weighted by molar-refractivity contribution is -0.131. The van der Waals surface area contributed by atoms with Gasteiger partial charge in [-0.2, -0.15) is 17.0 Å². The lowest BCUT2D eigenvalue weighted by atomic mass is 10.2. The standard InChI is InChI=1S/C18H27N5O3S/c1-4-21(5-2)27(25,26)22-11-9-20(10-12-22)17(24)13-16-14-19-18-15(3)7-6-8-23(16)18/h6-8,14H,4-5,9-13H2,1-3H3. The molecule has 0 spiro atoms. The van der Waals surface area contributed by atoms with Gasteiger partial charge in [0.05, 0.1) is 12.1 Å². The third-order valence-corrected chi connectivity index (χ3v) is 7.28. The van der Waals surface area contributed by atoms with Gasteiger partial charge in [0, 0.05) is 51.7 Å². The first-order valence-corrected chi connectivity index (χ1v) is 10.7. The smallest absolute Gasteiger partial charge is 0.282 e. The van der Waals surface area contributed by atoms with Crippen molar-refractivity contribution in [2.75, 3.05) is 39.3 Å². The van der Waals surface area contributed by atoms with Crippen LogP contribution in [0.3, 0.4) is 0 Å². The van der Waals surface area contributed by atoms with Crippen LogP contribution >= 0.6 is 0 Å². The Hall–Kier alpha value is -1.97. The molecular weight excluding hydrogens is 366 g/mol. The van der Waals surface area contributed by atoms with Crippen molar-refractivity contribution in [1.29, 1.82) is 0 Å². The van der Waals surface area contributed by atoms with E-state index < -0.39 is 10.2 Å². The summed E-state index contributed by atoms with van der Waals surface area (Å²) in [6.45, 7) is 8.04. The molecule has 3 rings (SSSR count). The maximum Gasteiger partial charge on any atom is 0.282 e. The van der Waals surface area contributed by atoms with Gasteiger partial charge in [-0.05, 0) is 18.6 Å². The van der Waals surface area contributed by atoms with Crippen LogP contribution in [0.4, 0.5) is 0 Å². The van der Waals surface area contributed by atoms with E-state index in [0.717, 1.165) is 16.9 Å². The Morgan fingerprint density at radius 3 is 2.48 bits per heavy atom. The fourth-order valence-electron chi connectivity index (χ4n) is 3.48. The maximum absolute atomic E-state index is 12.7. The summed E-state index contributed by atoms with van der Waals surface area (Å²) in [7, 11) is -3.44. The summed E-state index contributed by atoms with van der Waals surface area (Å²) in [6, 6.07) is 3.93. The minimum absolute atomic E-state index is 0.00167. The van der Waals surface area contributed by atoms with Crippen molar-refractivity contribution in [3.63, 3.8) is 0 Å². The predicted octanol–water partition coefficient (Wildman–Crippen LogP) is 0.916. The number of pyridine rings is 1. The molecule has 1 amide bonds. The molecule has 2 aromatic rings. The highest BCUT2D eigenvalue weighted by molar-refractivity contribution is 7.86. The first-order valence-electron chi connectivity index (χ1n) is 9.33. The molecule has 0 saturated carbocycles. The summed E-state index contributed by atoms with van der Waals surface area (Å²) in [5.74, 6) is -0.00167. The average molecular weight is 394 g/mol. The second kappa shape index (κ2) is 7.95. The summed E-state index contributed by atoms with van der Waals surface area (Å²) in [6.07, 6.45) is 3.90. The van der Waals surface area contributed by atoms with E-state index in [-0.39, 0.29) is 12.3 Å². The molecule has 0 bridgehead atoms. The fourth-order valence-corrected chi connectivity index (χ4v) is 5.09. The van der Waals surface area contributed by atoms with E-state index in [9.17, 15) is 13.2 Å². The summed E-state index contributed by atoms with van der Waals surface area (Å²) >= 11 is 0. The average Bonchev–Trinajstić information content (AvgIpc) is 3.07. The predicted molar refractivity (Wildman–Crippen MR) is 104 cm³/mol. The Balaban J connectivity index is 1.64. The Morgan fingerprint density at radius 1 is 1.19 bits per heavy atom. The van der Waals surface area contributed by atoms with Gasteiger partial charge in [0.1, 0.15) is 5.65 Å². The number of imidazole rings is 1. The van der Waals surface area contributed by atoms with E-state index in [4.69, 9.17) is 0 Å². The van der Waals surface area contributed by atoms with E-state index in [1.807, 2.05) is 43.5 Å². The van der Waals surface area contributed by atoms with Crippen LogP contribution in [-0.4, -0.2) is 76.5 Å². The van der Waals surface area contributed by atoms with Crippen molar-refractivity contribution in [3.8, 4) is 0 Å². The topological polar surface area (TPSA) is 78.2 Å². The van der Waals surface area contributed by atoms with Crippen molar-refractivity contribution in [1.82, 2.24) is 22.9 Å². The van der Waals surface area contributed by atoms with Gasteiger partial charge in [-0.1, -0.05) is 19.9 Å². The van der Waals surface area contributed by atoms with Crippen LogP contribution in [0.5, 0.6) is 0 Å². The number of amides is 1. The zero-order valence-corrected chi connectivity index (χ0v) is 16.9. The molecular formula is C18H27N5O3S. The van der Waals surface area contributed by atoms with E-state index in [0.29, 0.717) is 39.3 Å². The normalized spacial score (nSPS) is 16.4. The number of piperazine rings is 1. The minimum Gasteiger partial charge on any atom is -0.340 e. The number of hydrogen-bond donors (Lipinski definition) is 0. The highest BCUT2D eigenvalue weighted by atomic mass is 32.2. The van der Waals surface area contributed by atoms with Crippen LogP contribution in [0, 0.1) is 6.92 Å². The monoisotopic (exact) mass is 393 g/mol. The van der Waals surface area contributed by atoms with Gasteiger partial charge < -0.3 is 9.30 Å². The van der Waals surface area contributed by atoms with Crippen molar-refractivity contribution >= 4 is 21.8 Å². The summed E-state index contributed by atoms with van der Waals surface area (Å²) < 4.78 is 30.1. The largest absolute Gasteiger partial charge is 0.340 e. The van der Waals surface area contributed by atoms with Gasteiger partial charge in [0.2, 0.25) is 5.91 Å². The maximum atomic E-state index is 12.7. The van der Waals surface area contributed by atoms with E-state index in [1.165, 1.54) is 8.61 Å². The van der Waals surface area contributed by atoms with Gasteiger partial charge in [-0.25, -0.2) is 4.98 Å². The third kappa shape index (κ3) is 3.85. The molecule has 0 atom stereocenters. The van der Waals surface area contributed by atoms with Gasteiger partial charge in [-0.15, -0.1) is 0 Å². The van der Waals surface area contributed by atoms with Crippen molar-refractivity contribution in [2.45, 2.75) is 27.2 Å². The quantitative estimate of drug-likeness (QED) is 0.731. The molecule has 1 aliphatic rings. The second-order valence-corrected chi connectivity index (χ2v) is 8.61. The Morgan fingerprint density at radius 2 is 1.85 bits per heavy atom. The SMILES string of the molecule is CCN(CC)S(=O)(=O)N1CCN(C(=O)Cc2cnc3c(C)cccn23)CC1. The molecule has 0 aliphatic carbocycles. The number of rotatable bonds is 6. The van der Waals surface area contributed by atoms with E-state index in [1.54, 1.807) is 11.1 Å². The molecule has 1 aliphatic heterocycles. The molecule has 27 heavy (non-hydrogen) atoms. The zero-order chi connectivity index (χ0) is 19.6. The molecule has 1 fully saturated rings. The van der Waals surface area contributed by atoms with Crippen LogP contribution < -0.4 is 0 Å². The molecule has 8 nitrogen and oxygen atoms in total. The van der Waals surface area contributed by atoms with Crippen LogP contribution in [-0.2, 0) is 21.4 Å². The number of fused-ring (bicyclic) bond motifs is 1. The van der Waals surface area contributed by atoms with Crippen LogP contribution in [0.25, 0.3) is 5.65 Å². The molecule has 9 heteroatoms. The van der Waals surface area contributed by atoms with Crippen LogP contribution in [0.15, 0.2) is 24.5 Å². The number of carbonyl (C=O) groups is 1. The molecule has 148 valence electrons. The fraction of sp³-hybridized carbons (Fsp3) is 0.556. The Bertz CT molecular complexity index is 912. The summed E-state index contributed by atoms with van der Waals surface area (Å²) in [5.41, 5.74) is 2.76. The van der Waals surface area contributed by atoms with Gasteiger partial charge in [0.25, 0.3) is 10.2 Å². The number of aromatic nitrogens is 2. The molecule has 0 unspecified atom stereocenters. The molecule has 0 N–H and O–H groups in total. The number of nitrogens with zero attached hydrogens (tertiary/aromatic N) is 5. The molecule has 0 aromatic carbocycles. The first-order chi connectivity index (χ1) is 12.9. The third-order valence-electron chi connectivity index (χ3n) is 5.09. The van der Waals surface area contributed by atoms with Gasteiger partial charge >= 0.3 is 0 Å². The molecule has 0 radical (unpaired) electrons. The zero-order valence-electron chi connectivity index (χ0n) is 16.1. The Kier molecular flexibility index (Phi) is 5.83. The second-order valence-electron chi connectivity index (χ2n) is 6.68. The lowest BCUT2D eigenvalue weighted by Crippen LogP contribution is -2.54. The molecule has 1 saturated heterocycles. The van der Waals surface area contributed by atoms with Crippen LogP contribution in [0.1, 0.15) is 25.1 Å². The number of hydrogen-bond acceptors (Lipinski definition) is 4. The number of aryl methyl sites for hydroxylation is 1. The van der Waals surface area contributed by atoms with E-state index in [2.05, 4.69) is 4.98 Å². The summed E-state index contributed by atoms with van der Waals surface area (Å²) in [5, 5.41) is 0.